The van der Waals surface area contributed by atoms with Crippen LogP contribution in [0.25, 0.3) is 0 Å². The highest BCUT2D eigenvalue weighted by Gasteiger charge is 2.23. The predicted octanol–water partition coefficient (Wildman–Crippen LogP) is 0.397. The molecule has 0 bridgehead atoms. The van der Waals surface area contributed by atoms with Crippen LogP contribution in [0.4, 0.5) is 4.79 Å². The Hall–Kier alpha value is -0.140. The second kappa shape index (κ2) is 2.42. The van der Waals surface area contributed by atoms with Crippen molar-refractivity contribution in [2.75, 3.05) is 13.2 Å². The number of rotatable bonds is 2. The molecule has 0 aromatic rings. The number of epoxide rings is 1. The summed E-state index contributed by atoms with van der Waals surface area (Å²) in [6, 6.07) is 0. The van der Waals surface area contributed by atoms with E-state index >= 15 is 0 Å². The first-order valence-electron chi connectivity index (χ1n) is 2.33. The van der Waals surface area contributed by atoms with E-state index in [1.807, 2.05) is 9.24 Å². The summed E-state index contributed by atoms with van der Waals surface area (Å²) < 4.78 is 9.34. The van der Waals surface area contributed by atoms with Gasteiger partial charge in [0.05, 0.1) is 6.61 Å². The van der Waals surface area contributed by atoms with Gasteiger partial charge in [0.15, 0.2) is 0 Å². The Morgan fingerprint density at radius 2 is 2.62 bits per heavy atom. The van der Waals surface area contributed by atoms with Crippen molar-refractivity contribution in [3.05, 3.63) is 0 Å². The average Bonchev–Trinajstić information content (AvgIpc) is 2.41. The lowest BCUT2D eigenvalue weighted by molar-refractivity contribution is 0.163. The lowest BCUT2D eigenvalue weighted by Gasteiger charge is -1.93. The van der Waals surface area contributed by atoms with E-state index in [2.05, 4.69) is 4.74 Å². The molecule has 2 atom stereocenters. The zero-order valence-electron chi connectivity index (χ0n) is 4.29. The molecule has 1 aliphatic rings. The van der Waals surface area contributed by atoms with Crippen LogP contribution in [0.1, 0.15) is 0 Å². The van der Waals surface area contributed by atoms with Gasteiger partial charge in [-0.1, -0.05) is 0 Å². The van der Waals surface area contributed by atoms with E-state index in [-0.39, 0.29) is 11.8 Å². The van der Waals surface area contributed by atoms with E-state index in [9.17, 15) is 4.79 Å². The molecular formula is C4H7O3P. The number of ether oxygens (including phenoxy) is 2. The smallest absolute Gasteiger partial charge is 0.319 e. The summed E-state index contributed by atoms with van der Waals surface area (Å²) in [5, 5.41) is 0. The van der Waals surface area contributed by atoms with Gasteiger partial charge in [-0.3, -0.25) is 0 Å². The largest absolute Gasteiger partial charge is 0.460 e. The third-order valence-electron chi connectivity index (χ3n) is 0.814. The number of carbonyl (C=O) groups is 1. The number of hydrogen-bond acceptors (Lipinski definition) is 3. The van der Waals surface area contributed by atoms with Crippen molar-refractivity contribution in [1.29, 1.82) is 0 Å². The van der Waals surface area contributed by atoms with Crippen LogP contribution in [0.15, 0.2) is 0 Å². The lowest BCUT2D eigenvalue weighted by atomic mass is 10.5. The minimum Gasteiger partial charge on any atom is -0.460 e. The van der Waals surface area contributed by atoms with E-state index in [1.54, 1.807) is 0 Å². The van der Waals surface area contributed by atoms with Crippen LogP contribution in [-0.2, 0) is 9.47 Å². The third-order valence-corrected chi connectivity index (χ3v) is 0.981. The molecule has 0 aromatic carbocycles. The van der Waals surface area contributed by atoms with Crippen LogP contribution in [0.5, 0.6) is 0 Å². The molecule has 0 aliphatic carbocycles. The molecule has 0 aromatic heterocycles. The molecular weight excluding hydrogens is 127 g/mol. The van der Waals surface area contributed by atoms with E-state index in [4.69, 9.17) is 4.74 Å². The fourth-order valence-corrected chi connectivity index (χ4v) is 0.436. The van der Waals surface area contributed by atoms with Gasteiger partial charge in [-0.05, 0) is 9.24 Å². The zero-order chi connectivity index (χ0) is 5.98. The molecule has 1 fully saturated rings. The van der Waals surface area contributed by atoms with Crippen molar-refractivity contribution in [2.45, 2.75) is 6.10 Å². The number of hydrogen-bond donors (Lipinski definition) is 0. The maximum atomic E-state index is 10.1. The van der Waals surface area contributed by atoms with Crippen molar-refractivity contribution in [3.8, 4) is 0 Å². The second-order valence-electron chi connectivity index (χ2n) is 1.59. The highest BCUT2D eigenvalue weighted by atomic mass is 31.0. The summed E-state index contributed by atoms with van der Waals surface area (Å²) >= 11 is 0. The Bertz CT molecular complexity index is 99.5. The summed E-state index contributed by atoms with van der Waals surface area (Å²) in [6.45, 7) is 1.14. The van der Waals surface area contributed by atoms with Gasteiger partial charge in [0.1, 0.15) is 12.7 Å². The quantitative estimate of drug-likeness (QED) is 0.405. The Morgan fingerprint density at radius 1 is 2.00 bits per heavy atom. The van der Waals surface area contributed by atoms with Gasteiger partial charge < -0.3 is 9.47 Å². The molecule has 1 saturated heterocycles. The van der Waals surface area contributed by atoms with Crippen molar-refractivity contribution in [3.63, 3.8) is 0 Å². The Balaban J connectivity index is 1.95. The van der Waals surface area contributed by atoms with E-state index in [0.717, 1.165) is 6.61 Å². The first-order valence-corrected chi connectivity index (χ1v) is 2.90. The van der Waals surface area contributed by atoms with Crippen LogP contribution < -0.4 is 0 Å². The fraction of sp³-hybridized carbons (Fsp3) is 0.750. The zero-order valence-corrected chi connectivity index (χ0v) is 5.45. The molecule has 1 aliphatic heterocycles. The molecule has 8 heavy (non-hydrogen) atoms. The van der Waals surface area contributed by atoms with Gasteiger partial charge in [0.2, 0.25) is 0 Å². The lowest BCUT2D eigenvalue weighted by Crippen LogP contribution is -2.01. The fourth-order valence-electron chi connectivity index (χ4n) is 0.339. The minimum absolute atomic E-state index is 0.180. The maximum Gasteiger partial charge on any atom is 0.319 e. The van der Waals surface area contributed by atoms with Gasteiger partial charge >= 0.3 is 5.71 Å². The molecule has 0 radical (unpaired) electrons. The van der Waals surface area contributed by atoms with Crippen LogP contribution >= 0.6 is 9.24 Å². The standard InChI is InChI=1S/C4H7O3P/c5-4(8)7-2-3-1-6-3/h3H,1-2,8H2/t3-/m1/s1. The minimum atomic E-state index is -0.319. The van der Waals surface area contributed by atoms with Crippen molar-refractivity contribution in [2.24, 2.45) is 0 Å². The molecule has 0 saturated carbocycles. The normalized spacial score (nSPS) is 24.9. The predicted molar refractivity (Wildman–Crippen MR) is 30.8 cm³/mol. The highest BCUT2D eigenvalue weighted by molar-refractivity contribution is 7.39. The molecule has 1 unspecified atom stereocenters. The maximum absolute atomic E-state index is 10.1. The Morgan fingerprint density at radius 3 is 3.00 bits per heavy atom. The Kier molecular flexibility index (Phi) is 1.81. The van der Waals surface area contributed by atoms with Crippen LogP contribution in [0, 0.1) is 0 Å². The SMILES string of the molecule is O=C(P)OC[C@H]1CO1. The molecule has 1 heterocycles. The summed E-state index contributed by atoms with van der Waals surface area (Å²) in [5.74, 6) is 0. The summed E-state index contributed by atoms with van der Waals surface area (Å²) in [5.41, 5.74) is -0.319. The van der Waals surface area contributed by atoms with Crippen LogP contribution in [0.2, 0.25) is 0 Å². The molecule has 3 nitrogen and oxygen atoms in total. The van der Waals surface area contributed by atoms with E-state index in [1.165, 1.54) is 0 Å². The molecule has 0 spiro atoms. The molecule has 0 N–H and O–H groups in total. The number of carbonyl (C=O) groups excluding carboxylic acids is 1. The summed E-state index contributed by atoms with van der Waals surface area (Å²) in [4.78, 5) is 10.1. The second-order valence-corrected chi connectivity index (χ2v) is 2.06. The van der Waals surface area contributed by atoms with Gasteiger partial charge in [-0.15, -0.1) is 0 Å². The van der Waals surface area contributed by atoms with E-state index in [0.29, 0.717) is 6.61 Å². The average molecular weight is 134 g/mol. The first-order chi connectivity index (χ1) is 3.79. The van der Waals surface area contributed by atoms with Crippen molar-refractivity contribution in [1.82, 2.24) is 0 Å². The Labute approximate surface area is 49.5 Å². The summed E-state index contributed by atoms with van der Waals surface area (Å²) in [6.07, 6.45) is 0.180. The molecule has 46 valence electrons. The van der Waals surface area contributed by atoms with Gasteiger partial charge in [-0.2, -0.15) is 0 Å². The van der Waals surface area contributed by atoms with Crippen LogP contribution in [-0.4, -0.2) is 25.0 Å². The topological polar surface area (TPSA) is 38.8 Å². The van der Waals surface area contributed by atoms with Crippen molar-refractivity contribution >= 4 is 15.0 Å². The summed E-state index contributed by atoms with van der Waals surface area (Å²) in [7, 11) is 1.93. The van der Waals surface area contributed by atoms with Gasteiger partial charge in [0, 0.05) is 0 Å². The van der Waals surface area contributed by atoms with Crippen LogP contribution in [0.3, 0.4) is 0 Å². The molecule has 0 amide bonds. The van der Waals surface area contributed by atoms with E-state index < -0.39 is 0 Å². The van der Waals surface area contributed by atoms with Gasteiger partial charge in [0.25, 0.3) is 0 Å². The highest BCUT2D eigenvalue weighted by Crippen LogP contribution is 2.09. The molecule has 1 rings (SSSR count). The monoisotopic (exact) mass is 134 g/mol. The van der Waals surface area contributed by atoms with Crippen molar-refractivity contribution < 1.29 is 14.3 Å². The third kappa shape index (κ3) is 2.24. The first kappa shape index (κ1) is 5.99. The van der Waals surface area contributed by atoms with Gasteiger partial charge in [-0.25, -0.2) is 4.79 Å². The molecule has 4 heteroatoms.